The van der Waals surface area contributed by atoms with Crippen LogP contribution < -0.4 is 5.32 Å². The summed E-state index contributed by atoms with van der Waals surface area (Å²) in [5.41, 5.74) is 0.980. The van der Waals surface area contributed by atoms with E-state index in [0.717, 1.165) is 31.4 Å². The fraction of sp³-hybridized carbons (Fsp3) is 0.714. The number of H-pyrrole nitrogens is 1. The van der Waals surface area contributed by atoms with Gasteiger partial charge in [-0.1, -0.05) is 13.3 Å². The molecule has 1 fully saturated rings. The third kappa shape index (κ3) is 4.44. The molecule has 1 aromatic heterocycles. The van der Waals surface area contributed by atoms with Gasteiger partial charge in [-0.05, 0) is 25.7 Å². The number of aryl methyl sites for hydroxylation is 1. The lowest BCUT2D eigenvalue weighted by atomic mass is 9.95. The van der Waals surface area contributed by atoms with E-state index in [9.17, 15) is 9.00 Å². The van der Waals surface area contributed by atoms with Gasteiger partial charge in [0, 0.05) is 46.2 Å². The minimum absolute atomic E-state index is 0.0764. The van der Waals surface area contributed by atoms with E-state index in [1.807, 2.05) is 6.92 Å². The average Bonchev–Trinajstić information content (AvgIpc) is 2.98. The van der Waals surface area contributed by atoms with E-state index in [-0.39, 0.29) is 17.2 Å². The van der Waals surface area contributed by atoms with Crippen molar-refractivity contribution in [3.8, 4) is 0 Å². The van der Waals surface area contributed by atoms with E-state index in [0.29, 0.717) is 18.6 Å². The summed E-state index contributed by atoms with van der Waals surface area (Å²) < 4.78 is 11.9. The van der Waals surface area contributed by atoms with Gasteiger partial charge in [0.1, 0.15) is 0 Å². The van der Waals surface area contributed by atoms with Crippen LogP contribution >= 0.6 is 0 Å². The standard InChI is InChI=1S/C14H23N3O2S/c1-2-20(19)13-5-3-4-11(8-13)17-14(18)7-6-12-9-15-10-16-12/h9-11,13H,2-8H2,1H3,(H,15,16)(H,17,18). The molecule has 1 heterocycles. The van der Waals surface area contributed by atoms with Crippen LogP contribution in [0, 0.1) is 0 Å². The third-order valence-electron chi connectivity index (χ3n) is 3.82. The highest BCUT2D eigenvalue weighted by Crippen LogP contribution is 2.23. The van der Waals surface area contributed by atoms with Gasteiger partial charge in [0.15, 0.2) is 0 Å². The Hall–Kier alpha value is -1.17. The lowest BCUT2D eigenvalue weighted by molar-refractivity contribution is -0.121. The first-order valence-corrected chi connectivity index (χ1v) is 8.71. The van der Waals surface area contributed by atoms with E-state index in [1.165, 1.54) is 0 Å². The van der Waals surface area contributed by atoms with Crippen molar-refractivity contribution in [2.75, 3.05) is 5.75 Å². The molecule has 2 rings (SSSR count). The van der Waals surface area contributed by atoms with Crippen LogP contribution in [0.25, 0.3) is 0 Å². The largest absolute Gasteiger partial charge is 0.353 e. The van der Waals surface area contributed by atoms with Crippen LogP contribution in [0.1, 0.15) is 44.7 Å². The Morgan fingerprint density at radius 2 is 2.40 bits per heavy atom. The van der Waals surface area contributed by atoms with E-state index in [2.05, 4.69) is 15.3 Å². The second-order valence-electron chi connectivity index (χ2n) is 5.30. The fourth-order valence-electron chi connectivity index (χ4n) is 2.72. The number of imidazole rings is 1. The number of aromatic nitrogens is 2. The SMILES string of the molecule is CCS(=O)C1CCCC(NC(=O)CCc2cnc[nH]2)C1. The number of nitrogens with one attached hydrogen (secondary N) is 2. The van der Waals surface area contributed by atoms with Gasteiger partial charge >= 0.3 is 0 Å². The lowest BCUT2D eigenvalue weighted by Gasteiger charge is -2.29. The van der Waals surface area contributed by atoms with Crippen molar-refractivity contribution in [3.63, 3.8) is 0 Å². The molecule has 1 aliphatic carbocycles. The molecule has 112 valence electrons. The number of carbonyl (C=O) groups excluding carboxylic acids is 1. The topological polar surface area (TPSA) is 74.8 Å². The Morgan fingerprint density at radius 1 is 1.55 bits per heavy atom. The molecule has 0 aromatic carbocycles. The molecule has 0 radical (unpaired) electrons. The first-order chi connectivity index (χ1) is 9.69. The van der Waals surface area contributed by atoms with Gasteiger partial charge in [-0.15, -0.1) is 0 Å². The zero-order valence-corrected chi connectivity index (χ0v) is 12.7. The summed E-state index contributed by atoms with van der Waals surface area (Å²) >= 11 is 0. The third-order valence-corrected chi connectivity index (χ3v) is 5.56. The van der Waals surface area contributed by atoms with E-state index >= 15 is 0 Å². The van der Waals surface area contributed by atoms with Crippen molar-refractivity contribution in [3.05, 3.63) is 18.2 Å². The molecule has 2 N–H and O–H groups in total. The van der Waals surface area contributed by atoms with Crippen LogP contribution in [0.5, 0.6) is 0 Å². The molecular formula is C14H23N3O2S. The normalized spacial score (nSPS) is 24.2. The first-order valence-electron chi connectivity index (χ1n) is 7.32. The quantitative estimate of drug-likeness (QED) is 0.836. The molecular weight excluding hydrogens is 274 g/mol. The molecule has 6 heteroatoms. The maximum absolute atomic E-state index is 11.9. The predicted molar refractivity (Wildman–Crippen MR) is 79.8 cm³/mol. The van der Waals surface area contributed by atoms with Gasteiger partial charge < -0.3 is 10.3 Å². The van der Waals surface area contributed by atoms with Crippen LogP contribution in [-0.2, 0) is 22.0 Å². The summed E-state index contributed by atoms with van der Waals surface area (Å²) in [4.78, 5) is 18.9. The maximum atomic E-state index is 11.9. The summed E-state index contributed by atoms with van der Waals surface area (Å²) in [6.07, 6.45) is 8.47. The molecule has 1 amide bonds. The first kappa shape index (κ1) is 15.2. The van der Waals surface area contributed by atoms with Crippen molar-refractivity contribution >= 4 is 16.7 Å². The monoisotopic (exact) mass is 297 g/mol. The second-order valence-corrected chi connectivity index (χ2v) is 7.30. The number of carbonyl (C=O) groups is 1. The number of hydrogen-bond acceptors (Lipinski definition) is 3. The van der Waals surface area contributed by atoms with Gasteiger partial charge in [-0.25, -0.2) is 4.98 Å². The van der Waals surface area contributed by atoms with E-state index in [1.54, 1.807) is 12.5 Å². The van der Waals surface area contributed by atoms with Crippen LogP contribution in [0.3, 0.4) is 0 Å². The number of hydrogen-bond donors (Lipinski definition) is 2. The molecule has 0 bridgehead atoms. The van der Waals surface area contributed by atoms with Crippen molar-refractivity contribution in [2.24, 2.45) is 0 Å². The Kier molecular flexibility index (Phi) is 5.76. The number of nitrogens with zero attached hydrogens (tertiary/aromatic N) is 1. The van der Waals surface area contributed by atoms with Crippen molar-refractivity contribution in [1.29, 1.82) is 0 Å². The fourth-order valence-corrected chi connectivity index (χ4v) is 4.07. The highest BCUT2D eigenvalue weighted by Gasteiger charge is 2.26. The molecule has 3 unspecified atom stereocenters. The van der Waals surface area contributed by atoms with Gasteiger partial charge in [0.25, 0.3) is 0 Å². The Bertz CT molecular complexity index is 447. The second kappa shape index (κ2) is 7.57. The highest BCUT2D eigenvalue weighted by molar-refractivity contribution is 7.85. The predicted octanol–water partition coefficient (Wildman–Crippen LogP) is 1.54. The minimum atomic E-state index is -0.742. The summed E-state index contributed by atoms with van der Waals surface area (Å²) in [6, 6.07) is 0.193. The van der Waals surface area contributed by atoms with Crippen LogP contribution in [0.15, 0.2) is 12.5 Å². The summed E-state index contributed by atoms with van der Waals surface area (Å²) in [5, 5.41) is 3.34. The Morgan fingerprint density at radius 3 is 3.10 bits per heavy atom. The summed E-state index contributed by atoms with van der Waals surface area (Å²) in [5.74, 6) is 0.790. The zero-order valence-electron chi connectivity index (χ0n) is 11.9. The Balaban J connectivity index is 1.74. The minimum Gasteiger partial charge on any atom is -0.353 e. The number of rotatable bonds is 6. The zero-order chi connectivity index (χ0) is 14.4. The molecule has 0 aliphatic heterocycles. The molecule has 3 atom stereocenters. The van der Waals surface area contributed by atoms with E-state index in [4.69, 9.17) is 0 Å². The van der Waals surface area contributed by atoms with Crippen LogP contribution in [0.4, 0.5) is 0 Å². The highest BCUT2D eigenvalue weighted by atomic mass is 32.2. The number of amides is 1. The van der Waals surface area contributed by atoms with Crippen molar-refractivity contribution in [1.82, 2.24) is 15.3 Å². The molecule has 1 saturated carbocycles. The average molecular weight is 297 g/mol. The molecule has 1 aliphatic rings. The van der Waals surface area contributed by atoms with Crippen molar-refractivity contribution < 1.29 is 9.00 Å². The molecule has 1 aromatic rings. The van der Waals surface area contributed by atoms with Gasteiger partial charge in [0.2, 0.25) is 5.91 Å². The summed E-state index contributed by atoms with van der Waals surface area (Å²) in [6.45, 7) is 1.96. The van der Waals surface area contributed by atoms with Crippen molar-refractivity contribution in [2.45, 2.75) is 56.7 Å². The molecule has 5 nitrogen and oxygen atoms in total. The summed E-state index contributed by atoms with van der Waals surface area (Å²) in [7, 11) is -0.742. The lowest BCUT2D eigenvalue weighted by Crippen LogP contribution is -2.41. The number of aromatic amines is 1. The molecule has 0 spiro atoms. The van der Waals surface area contributed by atoms with Gasteiger partial charge in [-0.2, -0.15) is 0 Å². The van der Waals surface area contributed by atoms with Gasteiger partial charge in [-0.3, -0.25) is 9.00 Å². The molecule has 20 heavy (non-hydrogen) atoms. The van der Waals surface area contributed by atoms with E-state index < -0.39 is 10.8 Å². The Labute approximate surface area is 122 Å². The molecule has 0 saturated heterocycles. The van der Waals surface area contributed by atoms with Gasteiger partial charge in [0.05, 0.1) is 6.33 Å². The smallest absolute Gasteiger partial charge is 0.220 e. The maximum Gasteiger partial charge on any atom is 0.220 e. The van der Waals surface area contributed by atoms with Crippen LogP contribution in [0.2, 0.25) is 0 Å². The van der Waals surface area contributed by atoms with Crippen LogP contribution in [-0.4, -0.2) is 37.1 Å².